The molecule has 140 valence electrons. The van der Waals surface area contributed by atoms with E-state index in [-0.39, 0.29) is 17.1 Å². The van der Waals surface area contributed by atoms with Crippen molar-refractivity contribution in [3.8, 4) is 11.8 Å². The number of nitrogens with two attached hydrogens (primary N) is 1. The van der Waals surface area contributed by atoms with E-state index in [1.54, 1.807) is 24.3 Å². The lowest BCUT2D eigenvalue weighted by atomic mass is 10.1. The van der Waals surface area contributed by atoms with Gasteiger partial charge in [-0.15, -0.1) is 0 Å². The summed E-state index contributed by atoms with van der Waals surface area (Å²) in [5, 5.41) is 13.0. The van der Waals surface area contributed by atoms with E-state index < -0.39 is 10.0 Å². The highest BCUT2D eigenvalue weighted by atomic mass is 32.2. The minimum atomic E-state index is -3.40. The van der Waals surface area contributed by atoms with Crippen LogP contribution in [0.1, 0.15) is 51.0 Å². The van der Waals surface area contributed by atoms with Gasteiger partial charge in [0.05, 0.1) is 23.3 Å². The van der Waals surface area contributed by atoms with E-state index in [1.165, 1.54) is 23.7 Å². The maximum absolute atomic E-state index is 12.3. The molecule has 0 amide bonds. The maximum Gasteiger partial charge on any atom is 0.232 e. The number of nitrogen functional groups attached to an aromatic ring is 1. The van der Waals surface area contributed by atoms with E-state index in [0.29, 0.717) is 17.8 Å². The summed E-state index contributed by atoms with van der Waals surface area (Å²) >= 11 is 0. The molecule has 0 bridgehead atoms. The molecule has 1 aromatic heterocycles. The monoisotopic (exact) mass is 375 g/mol. The van der Waals surface area contributed by atoms with Gasteiger partial charge in [-0.1, -0.05) is 45.1 Å². The molecule has 1 aromatic carbocycles. The highest BCUT2D eigenvalue weighted by Gasteiger charge is 2.12. The van der Waals surface area contributed by atoms with E-state index >= 15 is 0 Å². The molecule has 2 aromatic rings. The first-order valence-corrected chi connectivity index (χ1v) is 10.5. The summed E-state index contributed by atoms with van der Waals surface area (Å²) < 4.78 is 28.5. The van der Waals surface area contributed by atoms with Gasteiger partial charge in [-0.25, -0.2) is 13.1 Å². The zero-order chi connectivity index (χ0) is 19.0. The van der Waals surface area contributed by atoms with Crippen molar-refractivity contribution in [2.45, 2.75) is 45.4 Å². The van der Waals surface area contributed by atoms with Crippen LogP contribution in [-0.2, 0) is 10.0 Å². The summed E-state index contributed by atoms with van der Waals surface area (Å²) in [5.41, 5.74) is 7.19. The minimum Gasteiger partial charge on any atom is -0.382 e. The van der Waals surface area contributed by atoms with Crippen LogP contribution in [0, 0.1) is 11.3 Å². The fraction of sp³-hybridized carbons (Fsp3) is 0.444. The molecule has 0 aliphatic heterocycles. The zero-order valence-corrected chi connectivity index (χ0v) is 15.8. The largest absolute Gasteiger partial charge is 0.382 e. The standard InChI is InChI=1S/C18H25N5O2S/c1-2-3-4-5-6-7-11-26(24,25)22-16-9-8-10-17(12-16)23-18(20)15(13-19)14-21-23/h8-10,12,14,22H,2-7,11,20H2,1H3. The second-order valence-corrected chi connectivity index (χ2v) is 8.05. The van der Waals surface area contributed by atoms with Crippen LogP contribution in [0.25, 0.3) is 5.69 Å². The highest BCUT2D eigenvalue weighted by molar-refractivity contribution is 7.92. The molecule has 1 heterocycles. The Hall–Kier alpha value is -2.53. The molecular weight excluding hydrogens is 350 g/mol. The van der Waals surface area contributed by atoms with Gasteiger partial charge >= 0.3 is 0 Å². The smallest absolute Gasteiger partial charge is 0.232 e. The zero-order valence-electron chi connectivity index (χ0n) is 15.0. The number of benzene rings is 1. The van der Waals surface area contributed by atoms with Gasteiger partial charge in [-0.05, 0) is 24.6 Å². The van der Waals surface area contributed by atoms with Gasteiger partial charge in [-0.3, -0.25) is 4.72 Å². The second kappa shape index (κ2) is 9.25. The van der Waals surface area contributed by atoms with Gasteiger partial charge in [0.15, 0.2) is 0 Å². The Bertz CT molecular complexity index is 868. The Morgan fingerprint density at radius 1 is 1.23 bits per heavy atom. The summed E-state index contributed by atoms with van der Waals surface area (Å²) in [4.78, 5) is 0. The Kier molecular flexibility index (Phi) is 7.04. The van der Waals surface area contributed by atoms with Crippen molar-refractivity contribution in [1.82, 2.24) is 9.78 Å². The maximum atomic E-state index is 12.3. The number of nitriles is 1. The van der Waals surface area contributed by atoms with Crippen LogP contribution in [0.4, 0.5) is 11.5 Å². The van der Waals surface area contributed by atoms with E-state index in [9.17, 15) is 8.42 Å². The fourth-order valence-corrected chi connectivity index (χ4v) is 3.83. The van der Waals surface area contributed by atoms with Crippen LogP contribution in [0.15, 0.2) is 30.5 Å². The van der Waals surface area contributed by atoms with Crippen LogP contribution < -0.4 is 10.5 Å². The van der Waals surface area contributed by atoms with Crippen LogP contribution in [0.3, 0.4) is 0 Å². The number of rotatable bonds is 10. The van der Waals surface area contributed by atoms with Crippen molar-refractivity contribution in [2.75, 3.05) is 16.2 Å². The quantitative estimate of drug-likeness (QED) is 0.618. The third-order valence-corrected chi connectivity index (χ3v) is 5.43. The molecule has 3 N–H and O–H groups in total. The first-order valence-electron chi connectivity index (χ1n) is 8.81. The predicted molar refractivity (Wildman–Crippen MR) is 103 cm³/mol. The molecular formula is C18H25N5O2S. The second-order valence-electron chi connectivity index (χ2n) is 6.21. The number of sulfonamides is 1. The van der Waals surface area contributed by atoms with Crippen LogP contribution in [0.2, 0.25) is 0 Å². The van der Waals surface area contributed by atoms with Crippen molar-refractivity contribution in [3.63, 3.8) is 0 Å². The fourth-order valence-electron chi connectivity index (χ4n) is 2.65. The average molecular weight is 375 g/mol. The molecule has 8 heteroatoms. The summed E-state index contributed by atoms with van der Waals surface area (Å²) in [7, 11) is -3.40. The van der Waals surface area contributed by atoms with Gasteiger partial charge in [0.2, 0.25) is 10.0 Å². The number of aromatic nitrogens is 2. The molecule has 2 rings (SSSR count). The van der Waals surface area contributed by atoms with Gasteiger partial charge < -0.3 is 5.73 Å². The topological polar surface area (TPSA) is 114 Å². The Morgan fingerprint density at radius 2 is 1.96 bits per heavy atom. The average Bonchev–Trinajstić information content (AvgIpc) is 2.98. The van der Waals surface area contributed by atoms with Gasteiger partial charge in [0, 0.05) is 0 Å². The van der Waals surface area contributed by atoms with Crippen LogP contribution in [0.5, 0.6) is 0 Å². The summed E-state index contributed by atoms with van der Waals surface area (Å²) in [6.07, 6.45) is 7.54. The Balaban J connectivity index is 1.99. The third kappa shape index (κ3) is 5.49. The molecule has 0 aliphatic carbocycles. The van der Waals surface area contributed by atoms with Gasteiger partial charge in [-0.2, -0.15) is 10.4 Å². The lowest BCUT2D eigenvalue weighted by Crippen LogP contribution is -2.17. The van der Waals surface area contributed by atoms with Crippen LogP contribution in [-0.4, -0.2) is 24.0 Å². The summed E-state index contributed by atoms with van der Waals surface area (Å²) in [6, 6.07) is 8.74. The SMILES string of the molecule is CCCCCCCCS(=O)(=O)Nc1cccc(-n2ncc(C#N)c2N)c1. The number of nitrogens with one attached hydrogen (secondary N) is 1. The molecule has 0 unspecified atom stereocenters. The Labute approximate surface area is 154 Å². The number of hydrogen-bond donors (Lipinski definition) is 2. The van der Waals surface area contributed by atoms with E-state index in [2.05, 4.69) is 16.7 Å². The molecule has 0 fully saturated rings. The number of unbranched alkanes of at least 4 members (excludes halogenated alkanes) is 5. The van der Waals surface area contributed by atoms with Crippen LogP contribution >= 0.6 is 0 Å². The first-order chi connectivity index (χ1) is 12.5. The first kappa shape index (κ1) is 19.8. The molecule has 0 radical (unpaired) electrons. The highest BCUT2D eigenvalue weighted by Crippen LogP contribution is 2.20. The molecule has 0 atom stereocenters. The molecule has 7 nitrogen and oxygen atoms in total. The van der Waals surface area contributed by atoms with Crippen molar-refractivity contribution >= 4 is 21.5 Å². The van der Waals surface area contributed by atoms with Gasteiger partial charge in [0.25, 0.3) is 0 Å². The van der Waals surface area contributed by atoms with Crippen molar-refractivity contribution in [2.24, 2.45) is 0 Å². The molecule has 0 saturated heterocycles. The predicted octanol–water partition coefficient (Wildman–Crippen LogP) is 3.43. The van der Waals surface area contributed by atoms with Crippen molar-refractivity contribution in [3.05, 3.63) is 36.0 Å². The van der Waals surface area contributed by atoms with Crippen molar-refractivity contribution < 1.29 is 8.42 Å². The molecule has 0 spiro atoms. The lowest BCUT2D eigenvalue weighted by molar-refractivity contribution is 0.588. The van der Waals surface area contributed by atoms with Crippen molar-refractivity contribution in [1.29, 1.82) is 5.26 Å². The molecule has 26 heavy (non-hydrogen) atoms. The third-order valence-electron chi connectivity index (χ3n) is 4.06. The summed E-state index contributed by atoms with van der Waals surface area (Å²) in [5.74, 6) is 0.325. The van der Waals surface area contributed by atoms with Gasteiger partial charge in [0.1, 0.15) is 17.5 Å². The number of hydrogen-bond acceptors (Lipinski definition) is 5. The normalized spacial score (nSPS) is 11.2. The molecule has 0 aliphatic rings. The van der Waals surface area contributed by atoms with E-state index in [0.717, 1.165) is 19.3 Å². The van der Waals surface area contributed by atoms with E-state index in [4.69, 9.17) is 11.0 Å². The molecule has 0 saturated carbocycles. The summed E-state index contributed by atoms with van der Waals surface area (Å²) in [6.45, 7) is 2.15. The van der Waals surface area contributed by atoms with E-state index in [1.807, 2.05) is 6.07 Å². The number of nitrogens with zero attached hydrogens (tertiary/aromatic N) is 3. The lowest BCUT2D eigenvalue weighted by Gasteiger charge is -2.10. The minimum absolute atomic E-state index is 0.103. The number of anilines is 2. The Morgan fingerprint density at radius 3 is 2.65 bits per heavy atom.